The minimum atomic E-state index is -0.986. The van der Waals surface area contributed by atoms with Gasteiger partial charge in [0.15, 0.2) is 11.8 Å². The van der Waals surface area contributed by atoms with Gasteiger partial charge in [0.25, 0.3) is 5.91 Å². The normalized spacial score (nSPS) is 11.3. The first-order valence-corrected chi connectivity index (χ1v) is 8.22. The number of esters is 1. The van der Waals surface area contributed by atoms with Gasteiger partial charge in [-0.25, -0.2) is 9.78 Å². The third kappa shape index (κ3) is 5.12. The Morgan fingerprint density at radius 1 is 0.963 bits per heavy atom. The number of rotatable bonds is 6. The summed E-state index contributed by atoms with van der Waals surface area (Å²) in [6, 6.07) is 16.2. The summed E-state index contributed by atoms with van der Waals surface area (Å²) in [5, 5.41) is 2.68. The van der Waals surface area contributed by atoms with Gasteiger partial charge in [0.2, 0.25) is 0 Å². The highest BCUT2D eigenvalue weighted by atomic mass is 16.5. The van der Waals surface area contributed by atoms with E-state index in [0.29, 0.717) is 11.4 Å². The van der Waals surface area contributed by atoms with Crippen LogP contribution in [0, 0.1) is 0 Å². The first-order chi connectivity index (χ1) is 13.1. The van der Waals surface area contributed by atoms with Crippen molar-refractivity contribution in [1.29, 1.82) is 0 Å². The number of nitrogens with one attached hydrogen (secondary N) is 1. The van der Waals surface area contributed by atoms with Crippen molar-refractivity contribution in [3.8, 4) is 11.5 Å². The molecule has 0 radical (unpaired) electrons. The average Bonchev–Trinajstić information content (AvgIpc) is 2.71. The zero-order valence-electron chi connectivity index (χ0n) is 14.5. The van der Waals surface area contributed by atoms with Crippen molar-refractivity contribution in [2.45, 2.75) is 13.0 Å². The van der Waals surface area contributed by atoms with Crippen LogP contribution < -0.4 is 10.1 Å². The quantitative estimate of drug-likeness (QED) is 0.675. The lowest BCUT2D eigenvalue weighted by molar-refractivity contribution is -0.123. The summed E-state index contributed by atoms with van der Waals surface area (Å²) in [6.45, 7) is 1.48. The van der Waals surface area contributed by atoms with Crippen LogP contribution in [0.4, 0.5) is 5.69 Å². The van der Waals surface area contributed by atoms with Crippen molar-refractivity contribution in [3.05, 3.63) is 78.9 Å². The van der Waals surface area contributed by atoms with Crippen LogP contribution in [0.1, 0.15) is 17.4 Å². The lowest BCUT2D eigenvalue weighted by Gasteiger charge is -2.13. The van der Waals surface area contributed by atoms with Gasteiger partial charge in [-0.1, -0.05) is 18.2 Å². The molecular weight excluding hydrogens is 346 g/mol. The lowest BCUT2D eigenvalue weighted by atomic mass is 10.2. The van der Waals surface area contributed by atoms with Gasteiger partial charge in [-0.05, 0) is 43.3 Å². The molecule has 0 spiro atoms. The van der Waals surface area contributed by atoms with Crippen LogP contribution in [0.2, 0.25) is 0 Å². The summed E-state index contributed by atoms with van der Waals surface area (Å²) >= 11 is 0. The minimum absolute atomic E-state index is 0.0413. The van der Waals surface area contributed by atoms with Crippen molar-refractivity contribution >= 4 is 17.6 Å². The number of para-hydroxylation sites is 1. The molecule has 3 rings (SSSR count). The average molecular weight is 363 g/mol. The molecule has 136 valence electrons. The number of benzene rings is 2. The van der Waals surface area contributed by atoms with Crippen LogP contribution in [0.25, 0.3) is 0 Å². The van der Waals surface area contributed by atoms with Crippen LogP contribution in [-0.2, 0) is 9.53 Å². The second-order valence-electron chi connectivity index (χ2n) is 5.57. The molecule has 0 aliphatic rings. The molecule has 3 aromatic rings. The van der Waals surface area contributed by atoms with Crippen LogP contribution in [-0.4, -0.2) is 27.9 Å². The molecule has 1 amide bonds. The van der Waals surface area contributed by atoms with E-state index in [1.165, 1.54) is 25.5 Å². The molecule has 1 heterocycles. The fourth-order valence-corrected chi connectivity index (χ4v) is 2.15. The second kappa shape index (κ2) is 8.57. The van der Waals surface area contributed by atoms with Gasteiger partial charge in [0.05, 0.1) is 6.20 Å². The summed E-state index contributed by atoms with van der Waals surface area (Å²) < 4.78 is 10.8. The Bertz CT molecular complexity index is 900. The maximum Gasteiger partial charge on any atom is 0.359 e. The molecule has 2 aromatic carbocycles. The predicted molar refractivity (Wildman–Crippen MR) is 98.5 cm³/mol. The zero-order valence-corrected chi connectivity index (χ0v) is 14.5. The van der Waals surface area contributed by atoms with Crippen LogP contribution in [0.3, 0.4) is 0 Å². The Balaban J connectivity index is 1.55. The van der Waals surface area contributed by atoms with Crippen molar-refractivity contribution in [1.82, 2.24) is 9.97 Å². The number of nitrogens with zero attached hydrogens (tertiary/aromatic N) is 2. The first kappa shape index (κ1) is 18.1. The molecule has 0 aliphatic heterocycles. The van der Waals surface area contributed by atoms with Crippen molar-refractivity contribution in [2.75, 3.05) is 5.32 Å². The van der Waals surface area contributed by atoms with Crippen molar-refractivity contribution in [2.24, 2.45) is 0 Å². The number of carbonyl (C=O) groups is 2. The predicted octanol–water partition coefficient (Wildman–Crippen LogP) is 3.45. The monoisotopic (exact) mass is 363 g/mol. The highest BCUT2D eigenvalue weighted by Gasteiger charge is 2.19. The largest absolute Gasteiger partial charge is 0.457 e. The Morgan fingerprint density at radius 2 is 1.67 bits per heavy atom. The molecule has 0 fully saturated rings. The molecular formula is C20H17N3O4. The number of amides is 1. The molecule has 27 heavy (non-hydrogen) atoms. The molecule has 7 nitrogen and oxygen atoms in total. The third-order valence-electron chi connectivity index (χ3n) is 3.53. The fourth-order valence-electron chi connectivity index (χ4n) is 2.15. The molecule has 1 aromatic heterocycles. The summed E-state index contributed by atoms with van der Waals surface area (Å²) in [7, 11) is 0. The van der Waals surface area contributed by atoms with Gasteiger partial charge >= 0.3 is 5.97 Å². The van der Waals surface area contributed by atoms with Gasteiger partial charge in [0.1, 0.15) is 11.5 Å². The van der Waals surface area contributed by atoms with E-state index in [0.717, 1.165) is 5.75 Å². The molecule has 0 saturated carbocycles. The molecule has 1 unspecified atom stereocenters. The minimum Gasteiger partial charge on any atom is -0.457 e. The van der Waals surface area contributed by atoms with E-state index in [-0.39, 0.29) is 5.69 Å². The molecule has 0 bridgehead atoms. The highest BCUT2D eigenvalue weighted by Crippen LogP contribution is 2.22. The molecule has 7 heteroatoms. The Hall–Kier alpha value is -3.74. The number of anilines is 1. The van der Waals surface area contributed by atoms with E-state index in [1.54, 1.807) is 24.3 Å². The van der Waals surface area contributed by atoms with E-state index < -0.39 is 18.0 Å². The van der Waals surface area contributed by atoms with E-state index >= 15 is 0 Å². The third-order valence-corrected chi connectivity index (χ3v) is 3.53. The second-order valence-corrected chi connectivity index (χ2v) is 5.57. The maximum absolute atomic E-state index is 12.2. The Morgan fingerprint density at radius 3 is 2.33 bits per heavy atom. The van der Waals surface area contributed by atoms with Crippen LogP contribution in [0.5, 0.6) is 11.5 Å². The fraction of sp³-hybridized carbons (Fsp3) is 0.100. The summed E-state index contributed by atoms with van der Waals surface area (Å²) in [5.74, 6) is 0.196. The number of carbonyl (C=O) groups excluding carboxylic acids is 2. The topological polar surface area (TPSA) is 90.4 Å². The zero-order chi connectivity index (χ0) is 19.1. The van der Waals surface area contributed by atoms with Crippen molar-refractivity contribution in [3.63, 3.8) is 0 Å². The van der Waals surface area contributed by atoms with Crippen molar-refractivity contribution < 1.29 is 19.1 Å². The standard InChI is InChI=1S/C20H17N3O4/c1-14(26-20(25)18-13-21-11-12-22-18)19(24)23-15-7-9-17(10-8-15)27-16-5-3-2-4-6-16/h2-14H,1H3,(H,23,24). The van der Waals surface area contributed by atoms with Crippen LogP contribution >= 0.6 is 0 Å². The van der Waals surface area contributed by atoms with Crippen LogP contribution in [0.15, 0.2) is 73.2 Å². The maximum atomic E-state index is 12.2. The SMILES string of the molecule is CC(OC(=O)c1cnccn1)C(=O)Nc1ccc(Oc2ccccc2)cc1. The van der Waals surface area contributed by atoms with Gasteiger partial charge < -0.3 is 14.8 Å². The summed E-state index contributed by atoms with van der Waals surface area (Å²) in [6.07, 6.45) is 3.11. The number of hydrogen-bond acceptors (Lipinski definition) is 6. The van der Waals surface area contributed by atoms with E-state index in [9.17, 15) is 9.59 Å². The Kier molecular flexibility index (Phi) is 5.73. The summed E-state index contributed by atoms with van der Waals surface area (Å²) in [4.78, 5) is 31.7. The van der Waals surface area contributed by atoms with E-state index in [2.05, 4.69) is 15.3 Å². The van der Waals surface area contributed by atoms with E-state index in [4.69, 9.17) is 9.47 Å². The molecule has 1 atom stereocenters. The Labute approximate surface area is 156 Å². The highest BCUT2D eigenvalue weighted by molar-refractivity contribution is 5.96. The first-order valence-electron chi connectivity index (χ1n) is 8.22. The lowest BCUT2D eigenvalue weighted by Crippen LogP contribution is -2.30. The summed E-state index contributed by atoms with van der Waals surface area (Å²) in [5.41, 5.74) is 0.599. The number of aromatic nitrogens is 2. The molecule has 0 aliphatic carbocycles. The van der Waals surface area contributed by atoms with Gasteiger partial charge in [-0.3, -0.25) is 9.78 Å². The van der Waals surface area contributed by atoms with Gasteiger partial charge in [-0.2, -0.15) is 0 Å². The number of ether oxygens (including phenoxy) is 2. The molecule has 0 saturated heterocycles. The number of hydrogen-bond donors (Lipinski definition) is 1. The molecule has 1 N–H and O–H groups in total. The smallest absolute Gasteiger partial charge is 0.359 e. The van der Waals surface area contributed by atoms with Gasteiger partial charge in [0, 0.05) is 18.1 Å². The van der Waals surface area contributed by atoms with E-state index in [1.807, 2.05) is 30.3 Å². The van der Waals surface area contributed by atoms with Gasteiger partial charge in [-0.15, -0.1) is 0 Å².